The second-order valence-electron chi connectivity index (χ2n) is 10.2. The number of aryl methyl sites for hydroxylation is 1. The summed E-state index contributed by atoms with van der Waals surface area (Å²) in [7, 11) is 1.77. The molecule has 0 atom stereocenters. The normalized spacial score (nSPS) is 15.6. The monoisotopic (exact) mass is 520 g/mol. The highest BCUT2D eigenvalue weighted by Gasteiger charge is 2.31. The van der Waals surface area contributed by atoms with Crippen LogP contribution >= 0.6 is 0 Å². The van der Waals surface area contributed by atoms with E-state index in [1.54, 1.807) is 18.1 Å². The fraction of sp³-hybridized carbons (Fsp3) is 0.258. The van der Waals surface area contributed by atoms with E-state index in [0.29, 0.717) is 23.9 Å². The molecule has 0 aliphatic carbocycles. The first kappa shape index (κ1) is 24.9. The minimum Gasteiger partial charge on any atom is -0.393 e. The first-order chi connectivity index (χ1) is 19.0. The Morgan fingerprint density at radius 3 is 2.44 bits per heavy atom. The van der Waals surface area contributed by atoms with Crippen molar-refractivity contribution in [2.75, 3.05) is 40.2 Å². The van der Waals surface area contributed by atoms with Gasteiger partial charge in [-0.05, 0) is 61.2 Å². The van der Waals surface area contributed by atoms with Crippen molar-refractivity contribution in [3.05, 3.63) is 90.1 Å². The third-order valence-corrected chi connectivity index (χ3v) is 7.64. The lowest BCUT2D eigenvalue weighted by atomic mass is 10.1. The zero-order valence-corrected chi connectivity index (χ0v) is 22.2. The number of aromatic nitrogens is 2. The molecule has 2 aliphatic rings. The van der Waals surface area contributed by atoms with E-state index in [2.05, 4.69) is 46.4 Å². The quantitative estimate of drug-likeness (QED) is 0.350. The number of aliphatic hydroxyl groups excluding tert-OH is 1. The average molecular weight is 521 g/mol. The number of nitrogens with zero attached hydrogens (tertiary/aromatic N) is 5. The largest absolute Gasteiger partial charge is 0.393 e. The molecule has 2 aliphatic heterocycles. The van der Waals surface area contributed by atoms with Gasteiger partial charge in [0.1, 0.15) is 5.69 Å². The highest BCUT2D eigenvalue weighted by atomic mass is 16.3. The van der Waals surface area contributed by atoms with Gasteiger partial charge in [-0.25, -0.2) is 14.8 Å². The number of hydrogen-bond donors (Lipinski definition) is 2. The van der Waals surface area contributed by atoms with Crippen LogP contribution in [0.4, 0.5) is 33.5 Å². The van der Waals surface area contributed by atoms with E-state index in [9.17, 15) is 9.90 Å². The Morgan fingerprint density at radius 1 is 0.949 bits per heavy atom. The molecule has 0 spiro atoms. The third kappa shape index (κ3) is 4.91. The zero-order chi connectivity index (χ0) is 26.9. The Morgan fingerprint density at radius 2 is 1.67 bits per heavy atom. The molecule has 0 radical (unpaired) electrons. The number of carbonyl (C=O) groups is 1. The molecule has 2 amide bonds. The molecule has 8 nitrogen and oxygen atoms in total. The second kappa shape index (κ2) is 10.4. The van der Waals surface area contributed by atoms with Crippen LogP contribution in [0.15, 0.2) is 79.0 Å². The van der Waals surface area contributed by atoms with Crippen molar-refractivity contribution in [2.45, 2.75) is 32.4 Å². The van der Waals surface area contributed by atoms with Crippen LogP contribution in [-0.4, -0.2) is 47.3 Å². The molecule has 1 fully saturated rings. The molecular formula is C31H32N6O2. The molecule has 6 rings (SSSR count). The van der Waals surface area contributed by atoms with Crippen molar-refractivity contribution in [2.24, 2.45) is 0 Å². The summed E-state index contributed by atoms with van der Waals surface area (Å²) in [4.78, 5) is 28.9. The molecule has 39 heavy (non-hydrogen) atoms. The molecule has 1 saturated heterocycles. The van der Waals surface area contributed by atoms with E-state index in [4.69, 9.17) is 4.98 Å². The van der Waals surface area contributed by atoms with Gasteiger partial charge in [0.25, 0.3) is 0 Å². The number of rotatable bonds is 5. The topological polar surface area (TPSA) is 84.8 Å². The molecule has 0 bridgehead atoms. The first-order valence-corrected chi connectivity index (χ1v) is 13.3. The maximum atomic E-state index is 13.7. The van der Waals surface area contributed by atoms with E-state index < -0.39 is 0 Å². The second-order valence-corrected chi connectivity index (χ2v) is 10.2. The molecule has 3 aromatic carbocycles. The van der Waals surface area contributed by atoms with Crippen LogP contribution in [0.3, 0.4) is 0 Å². The predicted octanol–water partition coefficient (Wildman–Crippen LogP) is 5.73. The molecule has 0 saturated carbocycles. The Kier molecular flexibility index (Phi) is 6.62. The number of anilines is 5. The number of hydrogen-bond acceptors (Lipinski definition) is 6. The number of benzene rings is 3. The van der Waals surface area contributed by atoms with Crippen LogP contribution in [0.1, 0.15) is 24.0 Å². The van der Waals surface area contributed by atoms with Gasteiger partial charge in [0.15, 0.2) is 0 Å². The molecule has 4 aromatic rings. The van der Waals surface area contributed by atoms with Crippen LogP contribution in [-0.2, 0) is 6.54 Å². The van der Waals surface area contributed by atoms with Crippen LogP contribution in [0.2, 0.25) is 0 Å². The summed E-state index contributed by atoms with van der Waals surface area (Å²) in [5.74, 6) is 0.464. The molecule has 8 heteroatoms. The number of fused-ring (bicyclic) bond motifs is 3. The molecule has 1 aromatic heterocycles. The van der Waals surface area contributed by atoms with Crippen molar-refractivity contribution in [3.63, 3.8) is 0 Å². The van der Waals surface area contributed by atoms with Gasteiger partial charge in [-0.2, -0.15) is 0 Å². The third-order valence-electron chi connectivity index (χ3n) is 7.64. The molecular weight excluding hydrogens is 488 g/mol. The Hall–Kier alpha value is -4.43. The van der Waals surface area contributed by atoms with E-state index in [1.165, 1.54) is 0 Å². The van der Waals surface area contributed by atoms with Gasteiger partial charge in [0.2, 0.25) is 5.95 Å². The van der Waals surface area contributed by atoms with Crippen molar-refractivity contribution < 1.29 is 9.90 Å². The fourth-order valence-electron chi connectivity index (χ4n) is 5.30. The van der Waals surface area contributed by atoms with Crippen molar-refractivity contribution in [1.82, 2.24) is 9.97 Å². The van der Waals surface area contributed by atoms with E-state index >= 15 is 0 Å². The number of aliphatic hydroxyl groups is 1. The van der Waals surface area contributed by atoms with Gasteiger partial charge >= 0.3 is 6.03 Å². The number of amides is 2. The van der Waals surface area contributed by atoms with Crippen molar-refractivity contribution in [1.29, 1.82) is 0 Å². The average Bonchev–Trinajstić information content (AvgIpc) is 3.04. The lowest BCUT2D eigenvalue weighted by Crippen LogP contribution is -2.40. The Labute approximate surface area is 228 Å². The van der Waals surface area contributed by atoms with E-state index in [1.807, 2.05) is 53.4 Å². The zero-order valence-electron chi connectivity index (χ0n) is 22.2. The van der Waals surface area contributed by atoms with E-state index in [-0.39, 0.29) is 12.1 Å². The van der Waals surface area contributed by atoms with Crippen LogP contribution in [0.25, 0.3) is 11.3 Å². The maximum absolute atomic E-state index is 13.7. The fourth-order valence-corrected chi connectivity index (χ4v) is 5.30. The van der Waals surface area contributed by atoms with Crippen molar-refractivity contribution in [3.8, 4) is 11.3 Å². The van der Waals surface area contributed by atoms with Crippen molar-refractivity contribution >= 4 is 34.7 Å². The molecule has 0 unspecified atom stereocenters. The number of para-hydroxylation sites is 1. The van der Waals surface area contributed by atoms with Gasteiger partial charge < -0.3 is 15.3 Å². The predicted molar refractivity (Wildman–Crippen MR) is 156 cm³/mol. The number of carbonyl (C=O) groups excluding carboxylic acids is 1. The maximum Gasteiger partial charge on any atom is 0.329 e. The molecule has 198 valence electrons. The minimum absolute atomic E-state index is 0.130. The van der Waals surface area contributed by atoms with Crippen LogP contribution in [0, 0.1) is 6.92 Å². The van der Waals surface area contributed by atoms with Gasteiger partial charge in [-0.1, -0.05) is 42.5 Å². The molecule has 2 N–H and O–H groups in total. The lowest BCUT2D eigenvalue weighted by molar-refractivity contribution is 0.145. The smallest absolute Gasteiger partial charge is 0.329 e. The summed E-state index contributed by atoms with van der Waals surface area (Å²) in [6.07, 6.45) is 3.11. The van der Waals surface area contributed by atoms with Gasteiger partial charge in [-0.3, -0.25) is 9.80 Å². The summed E-state index contributed by atoms with van der Waals surface area (Å²) in [6, 6.07) is 24.1. The lowest BCUT2D eigenvalue weighted by Gasteiger charge is -2.31. The minimum atomic E-state index is -0.193. The Bertz CT molecular complexity index is 1500. The van der Waals surface area contributed by atoms with Gasteiger partial charge in [-0.15, -0.1) is 0 Å². The SMILES string of the molecule is Cc1ccccc1CN1C(=O)N(C)c2cnc(Nc3ccc(N4CCC(O)CC4)cc3)nc2-c2ccccc21. The molecule has 3 heterocycles. The summed E-state index contributed by atoms with van der Waals surface area (Å²) >= 11 is 0. The van der Waals surface area contributed by atoms with Gasteiger partial charge in [0, 0.05) is 37.1 Å². The number of nitrogens with one attached hydrogen (secondary N) is 1. The summed E-state index contributed by atoms with van der Waals surface area (Å²) in [6.45, 7) is 4.24. The van der Waals surface area contributed by atoms with Crippen LogP contribution in [0.5, 0.6) is 0 Å². The first-order valence-electron chi connectivity index (χ1n) is 13.3. The highest BCUT2D eigenvalue weighted by molar-refractivity contribution is 6.10. The number of urea groups is 1. The van der Waals surface area contributed by atoms with Crippen LogP contribution < -0.4 is 20.0 Å². The highest BCUT2D eigenvalue weighted by Crippen LogP contribution is 2.40. The summed E-state index contributed by atoms with van der Waals surface area (Å²) < 4.78 is 0. The number of piperidine rings is 1. The van der Waals surface area contributed by atoms with E-state index in [0.717, 1.165) is 59.7 Å². The van der Waals surface area contributed by atoms with Gasteiger partial charge in [0.05, 0.1) is 30.2 Å². The summed E-state index contributed by atoms with van der Waals surface area (Å²) in [5, 5.41) is 13.1. The summed E-state index contributed by atoms with van der Waals surface area (Å²) in [5.41, 5.74) is 7.31. The standard InChI is InChI=1S/C31H32N6O2/c1-21-7-3-4-8-22(21)20-37-27-10-6-5-9-26(27)29-28(35(2)31(37)39)19-32-30(34-29)33-23-11-13-24(14-12-23)36-17-15-25(38)16-18-36/h3-14,19,25,38H,15-18,20H2,1-2H3,(H,32,33,34). The Balaban J connectivity index is 1.30.